The van der Waals surface area contributed by atoms with E-state index in [0.29, 0.717) is 16.9 Å². The molecule has 9 nitrogen and oxygen atoms in total. The molecule has 5 heterocycles. The summed E-state index contributed by atoms with van der Waals surface area (Å²) in [6, 6.07) is 6.77. The number of alkyl halides is 3. The van der Waals surface area contributed by atoms with Gasteiger partial charge in [0, 0.05) is 71.1 Å². The van der Waals surface area contributed by atoms with Gasteiger partial charge in [-0.2, -0.15) is 18.2 Å². The van der Waals surface area contributed by atoms with E-state index in [-0.39, 0.29) is 70.9 Å². The Balaban J connectivity index is 0.00000205. The maximum absolute atomic E-state index is 15.1. The monoisotopic (exact) mass is 693 g/mol. The predicted octanol–water partition coefficient (Wildman–Crippen LogP) is 6.95. The number of rotatable bonds is 4. The van der Waals surface area contributed by atoms with Gasteiger partial charge in [0.05, 0.1) is 17.1 Å². The topological polar surface area (TPSA) is 89.2 Å². The van der Waals surface area contributed by atoms with Gasteiger partial charge in [-0.05, 0) is 49.8 Å². The van der Waals surface area contributed by atoms with Crippen LogP contribution in [0.2, 0.25) is 0 Å². The first-order valence-corrected chi connectivity index (χ1v) is 17.0. The van der Waals surface area contributed by atoms with Crippen LogP contribution in [0.4, 0.5) is 23.4 Å². The van der Waals surface area contributed by atoms with E-state index < -0.39 is 23.2 Å². The smallest absolute Gasteiger partial charge is 0.352 e. The van der Waals surface area contributed by atoms with Gasteiger partial charge >= 0.3 is 11.9 Å². The molecule has 2 aliphatic rings. The van der Waals surface area contributed by atoms with Gasteiger partial charge in [0.1, 0.15) is 23.6 Å². The highest BCUT2D eigenvalue weighted by Crippen LogP contribution is 2.49. The summed E-state index contributed by atoms with van der Waals surface area (Å²) in [4.78, 5) is 43.3. The predicted molar refractivity (Wildman–Crippen MR) is 183 cm³/mol. The minimum Gasteiger partial charge on any atom is -0.352 e. The molecule has 1 saturated heterocycles. The second-order valence-corrected chi connectivity index (χ2v) is 12.9. The van der Waals surface area contributed by atoms with Crippen LogP contribution in [0.3, 0.4) is 0 Å². The van der Waals surface area contributed by atoms with Gasteiger partial charge in [-0.25, -0.2) is 19.2 Å². The van der Waals surface area contributed by atoms with Crippen molar-refractivity contribution in [3.05, 3.63) is 89.6 Å². The van der Waals surface area contributed by atoms with Crippen molar-refractivity contribution in [3.63, 3.8) is 0 Å². The molecular weight excluding hydrogens is 658 g/mol. The Morgan fingerprint density at radius 3 is 2.41 bits per heavy atom. The summed E-state index contributed by atoms with van der Waals surface area (Å²) in [5.41, 5.74) is -0.500. The van der Waals surface area contributed by atoms with Crippen LogP contribution in [0.25, 0.3) is 33.1 Å². The summed E-state index contributed by atoms with van der Waals surface area (Å²) in [5.74, 6) is -0.393. The number of fused-ring (bicyclic) bond motifs is 1. The first kappa shape index (κ1) is 34.2. The molecule has 0 saturated carbocycles. The summed E-state index contributed by atoms with van der Waals surface area (Å²) >= 11 is 1.22. The minimum absolute atomic E-state index is 0.122. The Morgan fingerprint density at radius 2 is 1.76 bits per heavy atom. The summed E-state index contributed by atoms with van der Waals surface area (Å²) < 4.78 is 62.5. The summed E-state index contributed by atoms with van der Waals surface area (Å²) in [6.07, 6.45) is 1.37. The Kier molecular flexibility index (Phi) is 9.27. The van der Waals surface area contributed by atoms with Crippen molar-refractivity contribution in [3.8, 4) is 11.1 Å². The molecule has 256 valence electrons. The van der Waals surface area contributed by atoms with Crippen molar-refractivity contribution < 1.29 is 22.4 Å². The molecule has 2 aliphatic heterocycles. The van der Waals surface area contributed by atoms with Gasteiger partial charge in [0.15, 0.2) is 0 Å². The molecule has 3 aromatic heterocycles. The van der Waals surface area contributed by atoms with Crippen molar-refractivity contribution in [1.29, 1.82) is 0 Å². The first-order chi connectivity index (χ1) is 23.5. The van der Waals surface area contributed by atoms with Crippen LogP contribution in [0, 0.1) is 5.82 Å². The molecule has 1 fully saturated rings. The van der Waals surface area contributed by atoms with Crippen molar-refractivity contribution in [2.45, 2.75) is 63.4 Å². The van der Waals surface area contributed by atoms with Crippen LogP contribution in [-0.2, 0) is 17.5 Å². The van der Waals surface area contributed by atoms with E-state index in [1.807, 2.05) is 44.5 Å². The van der Waals surface area contributed by atoms with E-state index in [2.05, 4.69) is 21.5 Å². The van der Waals surface area contributed by atoms with Gasteiger partial charge < -0.3 is 14.4 Å². The van der Waals surface area contributed by atoms with Gasteiger partial charge in [-0.3, -0.25) is 9.36 Å². The number of thioether (sulfide) groups is 1. The number of anilines is 1. The summed E-state index contributed by atoms with van der Waals surface area (Å²) in [7, 11) is 0. The first-order valence-electron chi connectivity index (χ1n) is 16.0. The number of benzene rings is 2. The lowest BCUT2D eigenvalue weighted by atomic mass is 9.96. The molecule has 0 bridgehead atoms. The lowest BCUT2D eigenvalue weighted by molar-refractivity contribution is -0.137. The van der Waals surface area contributed by atoms with Crippen molar-refractivity contribution in [2.75, 3.05) is 23.7 Å². The molecule has 0 aliphatic carbocycles. The van der Waals surface area contributed by atoms with E-state index in [1.54, 1.807) is 16.0 Å². The van der Waals surface area contributed by atoms with E-state index >= 15 is 13.2 Å². The number of halogens is 4. The fourth-order valence-electron chi connectivity index (χ4n) is 6.91. The molecule has 14 heteroatoms. The van der Waals surface area contributed by atoms with E-state index in [0.717, 1.165) is 23.6 Å². The number of piperazine rings is 1. The molecule has 2 aromatic carbocycles. The van der Waals surface area contributed by atoms with E-state index in [9.17, 15) is 14.0 Å². The van der Waals surface area contributed by atoms with Crippen molar-refractivity contribution in [1.82, 2.24) is 29.0 Å². The number of hydrogen-bond donors (Lipinski definition) is 0. The Hall–Kier alpha value is -4.72. The lowest BCUT2D eigenvalue weighted by Crippen LogP contribution is -2.58. The fraction of sp³-hybridized carbons (Fsp3) is 0.343. The Morgan fingerprint density at radius 1 is 1.06 bits per heavy atom. The molecule has 0 N–H and O–H groups in total. The van der Waals surface area contributed by atoms with Gasteiger partial charge in [-0.15, -0.1) is 11.8 Å². The molecule has 0 spiro atoms. The van der Waals surface area contributed by atoms with Crippen LogP contribution < -0.4 is 10.6 Å². The molecule has 7 rings (SSSR count). The SMILES string of the molecule is C=CC(=O)N1C(C)CN(c2nc(=O)n3c4c(c(-c5ccc(F)cc5)c(C(F)(F)F)cc24)SCC(n2ccc4cncnc42)C3)CC1C.CC. The largest absolute Gasteiger partial charge is 0.417 e. The zero-order valence-electron chi connectivity index (χ0n) is 27.4. The molecule has 1 amide bonds. The van der Waals surface area contributed by atoms with Crippen LogP contribution in [0.15, 0.2) is 77.5 Å². The lowest BCUT2D eigenvalue weighted by Gasteiger charge is -2.44. The third kappa shape index (κ3) is 6.06. The standard InChI is InChI=1S/C33H29F4N7O2S.C2H6/c1-4-26(45)44-18(2)13-41(14-19(44)3)31-24-11-25(33(35,36)37)27(20-5-7-22(34)8-6-20)29-28(24)43(32(46)40-31)15-23(16-47-29)42-10-9-21-12-38-17-39-30(21)42;1-2/h4-12,17-19,23H,1,13-16H2,2-3H3;1-2H3. The summed E-state index contributed by atoms with van der Waals surface area (Å²) in [5, 5.41) is 0.961. The van der Waals surface area contributed by atoms with Crippen molar-refractivity contribution >= 4 is 45.4 Å². The maximum atomic E-state index is 15.1. The fourth-order valence-corrected chi connectivity index (χ4v) is 8.26. The number of amides is 1. The molecule has 5 aromatic rings. The van der Waals surface area contributed by atoms with Gasteiger partial charge in [0.25, 0.3) is 0 Å². The zero-order valence-corrected chi connectivity index (χ0v) is 28.2. The second kappa shape index (κ2) is 13.3. The maximum Gasteiger partial charge on any atom is 0.417 e. The average molecular weight is 694 g/mol. The molecule has 3 atom stereocenters. The van der Waals surface area contributed by atoms with E-state index in [1.165, 1.54) is 40.9 Å². The van der Waals surface area contributed by atoms with Gasteiger partial charge in [-0.1, -0.05) is 32.6 Å². The van der Waals surface area contributed by atoms with Crippen LogP contribution >= 0.6 is 11.8 Å². The molecular formula is C35H35F4N7O2S. The highest BCUT2D eigenvalue weighted by Gasteiger charge is 2.40. The third-order valence-electron chi connectivity index (χ3n) is 8.87. The van der Waals surface area contributed by atoms with Crippen LogP contribution in [-0.4, -0.2) is 65.8 Å². The zero-order chi connectivity index (χ0) is 35.2. The van der Waals surface area contributed by atoms with Crippen molar-refractivity contribution in [2.24, 2.45) is 0 Å². The number of carbonyl (C=O) groups is 1. The molecule has 0 radical (unpaired) electrons. The highest BCUT2D eigenvalue weighted by atomic mass is 32.2. The quantitative estimate of drug-likeness (QED) is 0.149. The van der Waals surface area contributed by atoms with Crippen LogP contribution in [0.1, 0.15) is 39.3 Å². The minimum atomic E-state index is -4.79. The normalized spacial score (nSPS) is 19.4. The number of carbonyl (C=O) groups excluding carboxylic acids is 1. The van der Waals surface area contributed by atoms with E-state index in [4.69, 9.17) is 0 Å². The highest BCUT2D eigenvalue weighted by molar-refractivity contribution is 7.99. The van der Waals surface area contributed by atoms with Crippen LogP contribution in [0.5, 0.6) is 0 Å². The third-order valence-corrected chi connectivity index (χ3v) is 10.1. The average Bonchev–Trinajstić information content (AvgIpc) is 3.41. The Labute approximate surface area is 284 Å². The Bertz CT molecular complexity index is 2100. The molecule has 3 unspecified atom stereocenters. The second-order valence-electron chi connectivity index (χ2n) is 11.9. The number of hydrogen-bond acceptors (Lipinski definition) is 7. The number of nitrogens with zero attached hydrogens (tertiary/aromatic N) is 7. The molecule has 49 heavy (non-hydrogen) atoms. The van der Waals surface area contributed by atoms with Gasteiger partial charge in [0.2, 0.25) is 5.91 Å². The summed E-state index contributed by atoms with van der Waals surface area (Å²) in [6.45, 7) is 11.9. The number of aromatic nitrogens is 5.